The second-order valence-corrected chi connectivity index (χ2v) is 8.01. The maximum atomic E-state index is 12.6. The number of nitrogens with one attached hydrogen (secondary N) is 2. The van der Waals surface area contributed by atoms with Crippen molar-refractivity contribution in [3.63, 3.8) is 0 Å². The lowest BCUT2D eigenvalue weighted by Crippen LogP contribution is -2.60. The Bertz CT molecular complexity index is 416. The van der Waals surface area contributed by atoms with Crippen LogP contribution in [-0.2, 0) is 14.3 Å². The zero-order chi connectivity index (χ0) is 20.2. The molecule has 1 aliphatic rings. The van der Waals surface area contributed by atoms with Gasteiger partial charge in [-0.1, -0.05) is 0 Å². The van der Waals surface area contributed by atoms with Gasteiger partial charge in [0, 0.05) is 18.2 Å². The van der Waals surface area contributed by atoms with E-state index in [1.54, 1.807) is 0 Å². The first-order valence-corrected chi connectivity index (χ1v) is 11.2. The van der Waals surface area contributed by atoms with Gasteiger partial charge in [-0.2, -0.15) is 11.8 Å². The Morgan fingerprint density at radius 2 is 1.85 bits per heavy atom. The van der Waals surface area contributed by atoms with Crippen molar-refractivity contribution in [3.8, 4) is 0 Å². The molecule has 1 heterocycles. The maximum absolute atomic E-state index is 12.6. The summed E-state index contributed by atoms with van der Waals surface area (Å²) in [6, 6.07) is 0. The number of nitrogens with two attached hydrogens (primary N) is 1. The van der Waals surface area contributed by atoms with Crippen LogP contribution in [0, 0.1) is 5.92 Å². The fourth-order valence-electron chi connectivity index (χ4n) is 2.97. The van der Waals surface area contributed by atoms with E-state index in [0.29, 0.717) is 18.8 Å². The number of ether oxygens (including phenoxy) is 2. The summed E-state index contributed by atoms with van der Waals surface area (Å²) < 4.78 is 11.3. The Morgan fingerprint density at radius 1 is 1.19 bits per heavy atom. The van der Waals surface area contributed by atoms with Gasteiger partial charge < -0.3 is 36.1 Å². The monoisotopic (exact) mass is 407 g/mol. The number of hydrogen-bond acceptors (Lipinski definition) is 8. The Kier molecular flexibility index (Phi) is 12.5. The highest BCUT2D eigenvalue weighted by atomic mass is 32.2. The lowest BCUT2D eigenvalue weighted by Gasteiger charge is -2.42. The lowest BCUT2D eigenvalue weighted by atomic mass is 9.90. The number of aliphatic hydroxyl groups excluding tert-OH is 2. The average molecular weight is 408 g/mol. The summed E-state index contributed by atoms with van der Waals surface area (Å²) in [6.45, 7) is 6.65. The molecule has 1 rings (SSSR count). The third kappa shape index (κ3) is 8.64. The van der Waals surface area contributed by atoms with Crippen LogP contribution in [0.25, 0.3) is 0 Å². The molecule has 0 saturated carbocycles. The first-order valence-electron chi connectivity index (χ1n) is 9.76. The van der Waals surface area contributed by atoms with Crippen LogP contribution in [0.1, 0.15) is 33.1 Å². The Morgan fingerprint density at radius 3 is 2.48 bits per heavy atom. The van der Waals surface area contributed by atoms with Crippen LogP contribution in [0.5, 0.6) is 0 Å². The molecule has 1 aliphatic heterocycles. The summed E-state index contributed by atoms with van der Waals surface area (Å²) in [6.07, 6.45) is 0.352. The molecule has 0 aromatic rings. The van der Waals surface area contributed by atoms with Gasteiger partial charge in [0.1, 0.15) is 12.2 Å². The predicted molar refractivity (Wildman–Crippen MR) is 108 cm³/mol. The largest absolute Gasteiger partial charge is 0.390 e. The molecule has 160 valence electrons. The van der Waals surface area contributed by atoms with E-state index in [2.05, 4.69) is 10.6 Å². The molecule has 27 heavy (non-hydrogen) atoms. The number of rotatable bonds is 13. The van der Waals surface area contributed by atoms with Gasteiger partial charge in [-0.3, -0.25) is 4.79 Å². The molecular formula is C18H37N3O5S. The van der Waals surface area contributed by atoms with Crippen molar-refractivity contribution in [3.05, 3.63) is 0 Å². The van der Waals surface area contributed by atoms with Gasteiger partial charge in [0.05, 0.1) is 12.2 Å². The van der Waals surface area contributed by atoms with Crippen molar-refractivity contribution < 1.29 is 24.5 Å². The number of amides is 1. The molecular weight excluding hydrogens is 370 g/mol. The van der Waals surface area contributed by atoms with Gasteiger partial charge in [-0.15, -0.1) is 0 Å². The van der Waals surface area contributed by atoms with Gasteiger partial charge in [-0.25, -0.2) is 0 Å². The smallest absolute Gasteiger partial charge is 0.249 e. The van der Waals surface area contributed by atoms with Crippen molar-refractivity contribution in [2.24, 2.45) is 11.7 Å². The number of hydrogen-bond donors (Lipinski definition) is 5. The van der Waals surface area contributed by atoms with E-state index in [4.69, 9.17) is 15.2 Å². The van der Waals surface area contributed by atoms with E-state index >= 15 is 0 Å². The predicted octanol–water partition coefficient (Wildman–Crippen LogP) is -0.328. The molecule has 1 amide bonds. The van der Waals surface area contributed by atoms with Crippen LogP contribution in [0.2, 0.25) is 0 Å². The van der Waals surface area contributed by atoms with Crippen molar-refractivity contribution in [1.29, 1.82) is 0 Å². The van der Waals surface area contributed by atoms with Crippen molar-refractivity contribution in [2.45, 2.75) is 63.8 Å². The third-order valence-corrected chi connectivity index (χ3v) is 5.12. The van der Waals surface area contributed by atoms with Crippen molar-refractivity contribution >= 4 is 17.7 Å². The Balaban J connectivity index is 2.49. The molecule has 5 atom stereocenters. The van der Waals surface area contributed by atoms with Crippen LogP contribution in [0.3, 0.4) is 0 Å². The number of carbonyl (C=O) groups excluding carboxylic acids is 1. The summed E-state index contributed by atoms with van der Waals surface area (Å²) in [7, 11) is 0. The molecule has 0 bridgehead atoms. The summed E-state index contributed by atoms with van der Waals surface area (Å²) in [5, 5.41) is 26.9. The summed E-state index contributed by atoms with van der Waals surface area (Å²) in [5.74, 6) is -0.246. The molecule has 9 heteroatoms. The summed E-state index contributed by atoms with van der Waals surface area (Å²) in [5.41, 5.74) is 5.44. The van der Waals surface area contributed by atoms with E-state index in [-0.39, 0.29) is 12.0 Å². The zero-order valence-electron chi connectivity index (χ0n) is 16.7. The minimum Gasteiger partial charge on any atom is -0.390 e. The Labute approximate surface area is 166 Å². The van der Waals surface area contributed by atoms with Crippen LogP contribution in [0.15, 0.2) is 0 Å². The van der Waals surface area contributed by atoms with Crippen LogP contribution < -0.4 is 16.4 Å². The van der Waals surface area contributed by atoms with Gasteiger partial charge in [0.2, 0.25) is 5.91 Å². The molecule has 0 radical (unpaired) electrons. The quantitative estimate of drug-likeness (QED) is 0.263. The molecule has 0 aliphatic carbocycles. The molecule has 5 unspecified atom stereocenters. The zero-order valence-corrected chi connectivity index (χ0v) is 17.5. The fourth-order valence-corrected chi connectivity index (χ4v) is 3.73. The maximum Gasteiger partial charge on any atom is 0.249 e. The minimum atomic E-state index is -1.17. The van der Waals surface area contributed by atoms with Gasteiger partial charge in [-0.05, 0) is 59.0 Å². The second kappa shape index (κ2) is 13.7. The number of thioether (sulfide) groups is 1. The van der Waals surface area contributed by atoms with E-state index in [1.807, 2.05) is 20.1 Å². The van der Waals surface area contributed by atoms with Gasteiger partial charge in [0.15, 0.2) is 6.29 Å². The molecule has 0 spiro atoms. The highest BCUT2D eigenvalue weighted by molar-refractivity contribution is 7.98. The summed E-state index contributed by atoms with van der Waals surface area (Å²) >= 11 is 1.50. The topological polar surface area (TPSA) is 126 Å². The number of carbonyl (C=O) groups is 1. The third-order valence-electron chi connectivity index (χ3n) is 4.40. The Hall–Kier alpha value is -0.420. The van der Waals surface area contributed by atoms with E-state index in [9.17, 15) is 15.0 Å². The fraction of sp³-hybridized carbons (Fsp3) is 0.944. The van der Waals surface area contributed by atoms with Crippen LogP contribution in [0.4, 0.5) is 0 Å². The average Bonchev–Trinajstić information content (AvgIpc) is 2.63. The van der Waals surface area contributed by atoms with E-state index in [0.717, 1.165) is 32.4 Å². The van der Waals surface area contributed by atoms with Crippen LogP contribution in [-0.4, -0.2) is 85.0 Å². The molecule has 0 aromatic carbocycles. The first-order chi connectivity index (χ1) is 12.9. The summed E-state index contributed by atoms with van der Waals surface area (Å²) in [4.78, 5) is 12.6. The number of unbranched alkanes of at least 4 members (excludes halogenated alkanes) is 1. The lowest BCUT2D eigenvalue weighted by molar-refractivity contribution is -0.286. The minimum absolute atomic E-state index is 0.190. The second-order valence-electron chi connectivity index (χ2n) is 7.10. The highest BCUT2D eigenvalue weighted by Gasteiger charge is 2.47. The molecule has 1 fully saturated rings. The van der Waals surface area contributed by atoms with Crippen molar-refractivity contribution in [1.82, 2.24) is 10.6 Å². The van der Waals surface area contributed by atoms with E-state index < -0.39 is 30.5 Å². The van der Waals surface area contributed by atoms with Gasteiger partial charge in [0.25, 0.3) is 0 Å². The molecule has 6 N–H and O–H groups in total. The first kappa shape index (κ1) is 24.6. The molecule has 8 nitrogen and oxygen atoms in total. The standard InChI is InChI=1S/C18H37N3O5S/c1-12(2)25-18-15(23)14(22)13(11-27-3)16(26-18)17(24)21-10-5-4-8-20-9-6-7-19/h12-16,18,20,22-23H,4-11,19H2,1-3H3,(H,21,24). The molecule has 0 aromatic heterocycles. The number of aliphatic hydroxyl groups is 2. The van der Waals surface area contributed by atoms with Crippen molar-refractivity contribution in [2.75, 3.05) is 38.2 Å². The van der Waals surface area contributed by atoms with Gasteiger partial charge >= 0.3 is 0 Å². The normalized spacial score (nSPS) is 28.5. The molecule has 1 saturated heterocycles. The highest BCUT2D eigenvalue weighted by Crippen LogP contribution is 2.30. The SMILES string of the molecule is CSCC1C(C(=O)NCCCCNCCCN)OC(OC(C)C)C(O)C1O. The van der Waals surface area contributed by atoms with E-state index in [1.165, 1.54) is 11.8 Å². The van der Waals surface area contributed by atoms with Crippen LogP contribution >= 0.6 is 11.8 Å².